The molecule has 0 spiro atoms. The number of amides is 2. The van der Waals surface area contributed by atoms with E-state index in [-0.39, 0.29) is 45.6 Å². The minimum absolute atomic E-state index is 0.00778. The number of rotatable bonds is 3. The number of thiazole rings is 1. The lowest BCUT2D eigenvalue weighted by Gasteiger charge is -2.43. The summed E-state index contributed by atoms with van der Waals surface area (Å²) in [4.78, 5) is 54.3. The molecule has 0 radical (unpaired) electrons. The first kappa shape index (κ1) is 19.6. The monoisotopic (exact) mass is 476 g/mol. The lowest BCUT2D eigenvalue weighted by molar-refractivity contribution is -0.149. The molecular formula is C21H17ClN2O5S2. The molecule has 2 aromatic rings. The molecule has 1 saturated heterocycles. The summed E-state index contributed by atoms with van der Waals surface area (Å²) in [6.07, 6.45) is 0.777. The van der Waals surface area contributed by atoms with E-state index in [4.69, 9.17) is 16.7 Å². The number of aliphatic carboxylic acids is 1. The van der Waals surface area contributed by atoms with Gasteiger partial charge in [-0.25, -0.2) is 0 Å². The molecule has 0 unspecified atom stereocenters. The highest BCUT2D eigenvalue weighted by Crippen LogP contribution is 2.68. The van der Waals surface area contributed by atoms with Gasteiger partial charge in [0.2, 0.25) is 11.8 Å². The van der Waals surface area contributed by atoms with Crippen LogP contribution in [0.25, 0.3) is 0 Å². The number of carboxylic acids is 1. The molecule has 2 N–H and O–H groups in total. The third kappa shape index (κ3) is 2.66. The summed E-state index contributed by atoms with van der Waals surface area (Å²) in [6, 6.07) is 7.60. The number of carbonyl (C=O) groups excluding carboxylic acids is 2. The van der Waals surface area contributed by atoms with E-state index >= 15 is 0 Å². The van der Waals surface area contributed by atoms with Gasteiger partial charge in [-0.2, -0.15) is 0 Å². The van der Waals surface area contributed by atoms with Crippen molar-refractivity contribution >= 4 is 52.5 Å². The molecule has 2 amide bonds. The van der Waals surface area contributed by atoms with Crippen molar-refractivity contribution < 1.29 is 19.5 Å². The van der Waals surface area contributed by atoms with Gasteiger partial charge in [0.05, 0.1) is 16.9 Å². The molecule has 31 heavy (non-hydrogen) atoms. The molecule has 1 aromatic carbocycles. The highest BCUT2D eigenvalue weighted by molar-refractivity contribution is 8.00. The Kier molecular flexibility index (Phi) is 4.23. The molecule has 7 nitrogen and oxygen atoms in total. The summed E-state index contributed by atoms with van der Waals surface area (Å²) in [5.41, 5.74) is 1.04. The Bertz CT molecular complexity index is 1190. The second-order valence-electron chi connectivity index (χ2n) is 8.67. The van der Waals surface area contributed by atoms with Gasteiger partial charge < -0.3 is 10.1 Å². The molecule has 1 aromatic heterocycles. The number of thioether (sulfide) groups is 1. The number of likely N-dealkylation sites (tertiary alicyclic amines) is 1. The summed E-state index contributed by atoms with van der Waals surface area (Å²) in [7, 11) is 0. The summed E-state index contributed by atoms with van der Waals surface area (Å²) >= 11 is 8.92. The van der Waals surface area contributed by atoms with Crippen LogP contribution in [0.2, 0.25) is 5.02 Å². The second kappa shape index (κ2) is 6.70. The maximum absolute atomic E-state index is 13.1. The van der Waals surface area contributed by atoms with Gasteiger partial charge in [0.15, 0.2) is 0 Å². The third-order valence-electron chi connectivity index (χ3n) is 7.34. The number of nitrogens with one attached hydrogen (secondary N) is 1. The molecule has 7 atom stereocenters. The van der Waals surface area contributed by atoms with Crippen molar-refractivity contribution in [1.82, 2.24) is 9.88 Å². The number of benzene rings is 1. The zero-order chi connectivity index (χ0) is 21.6. The van der Waals surface area contributed by atoms with E-state index in [0.29, 0.717) is 5.02 Å². The van der Waals surface area contributed by atoms with Crippen LogP contribution in [0.4, 0.5) is 0 Å². The molecule has 10 heteroatoms. The van der Waals surface area contributed by atoms with Gasteiger partial charge in [-0.05, 0) is 41.9 Å². The number of carbonyl (C=O) groups is 3. The topological polar surface area (TPSA) is 108 Å². The van der Waals surface area contributed by atoms with E-state index in [9.17, 15) is 19.2 Å². The fourth-order valence-corrected chi connectivity index (χ4v) is 9.43. The van der Waals surface area contributed by atoms with Gasteiger partial charge in [0.1, 0.15) is 6.54 Å². The minimum atomic E-state index is -1.18. The third-order valence-corrected chi connectivity index (χ3v) is 10.2. The highest BCUT2D eigenvalue weighted by atomic mass is 35.5. The number of nitrogens with zero attached hydrogens (tertiary/aromatic N) is 1. The van der Waals surface area contributed by atoms with E-state index in [0.717, 1.165) is 26.8 Å². The SMILES string of the molecule is O=C(O)CN1C(=O)[C@@H]2[C@H]3C[C@@H]([C@H]4Sc5[nH]c(=O)sc5[C@@H](c5ccc(Cl)cc5)[C@@H]34)[C@H]2C1=O. The zero-order valence-electron chi connectivity index (χ0n) is 16.0. The van der Waals surface area contributed by atoms with Crippen molar-refractivity contribution in [2.75, 3.05) is 6.54 Å². The van der Waals surface area contributed by atoms with E-state index in [1.165, 1.54) is 11.3 Å². The average Bonchev–Trinajstić information content (AvgIpc) is 3.44. The van der Waals surface area contributed by atoms with Gasteiger partial charge in [-0.3, -0.25) is 24.1 Å². The summed E-state index contributed by atoms with van der Waals surface area (Å²) < 4.78 is 0. The Morgan fingerprint density at radius 3 is 2.48 bits per heavy atom. The molecular weight excluding hydrogens is 460 g/mol. The quantitative estimate of drug-likeness (QED) is 0.659. The molecule has 2 aliphatic carbocycles. The van der Waals surface area contributed by atoms with Crippen molar-refractivity contribution in [2.24, 2.45) is 29.6 Å². The molecule has 3 heterocycles. The number of halogens is 1. The van der Waals surface area contributed by atoms with Crippen LogP contribution < -0.4 is 4.87 Å². The minimum Gasteiger partial charge on any atom is -0.480 e. The van der Waals surface area contributed by atoms with E-state index in [2.05, 4.69) is 4.98 Å². The standard InChI is InChI=1S/C21H17ClN2O5S2/c22-8-3-1-7(2-4-8)12-13-9-5-10(16(13)30-18-17(12)31-21(29)23-18)15-14(9)19(27)24(20(15)28)6-11(25)26/h1-4,9-10,12-16H,5-6H2,(H,23,29)(H,25,26)/t9-,10+,12-,13+,14+,15+,16+/m0/s1. The van der Waals surface area contributed by atoms with Crippen molar-refractivity contribution in [3.8, 4) is 0 Å². The van der Waals surface area contributed by atoms with Crippen molar-refractivity contribution in [1.29, 1.82) is 0 Å². The number of carboxylic acid groups (broad SMARTS) is 1. The van der Waals surface area contributed by atoms with Crippen LogP contribution in [0.3, 0.4) is 0 Å². The average molecular weight is 477 g/mol. The first-order valence-corrected chi connectivity index (χ1v) is 12.1. The molecule has 4 aliphatic rings. The van der Waals surface area contributed by atoms with Crippen LogP contribution in [-0.4, -0.2) is 44.6 Å². The Labute approximate surface area is 189 Å². The van der Waals surface area contributed by atoms with Crippen LogP contribution in [0, 0.1) is 29.6 Å². The second-order valence-corrected chi connectivity index (χ2v) is 11.3. The number of fused-ring (bicyclic) bond motifs is 9. The number of hydrogen-bond acceptors (Lipinski definition) is 6. The predicted octanol–water partition coefficient (Wildman–Crippen LogP) is 2.65. The van der Waals surface area contributed by atoms with Gasteiger partial charge in [0.25, 0.3) is 0 Å². The lowest BCUT2D eigenvalue weighted by atomic mass is 9.68. The van der Waals surface area contributed by atoms with E-state index < -0.39 is 24.3 Å². The fourth-order valence-electron chi connectivity index (χ4n) is 6.41. The molecule has 3 fully saturated rings. The molecule has 6 rings (SSSR count). The first-order chi connectivity index (χ1) is 14.8. The smallest absolute Gasteiger partial charge is 0.323 e. The molecule has 160 valence electrons. The number of H-pyrrole nitrogens is 1. The number of hydrogen-bond donors (Lipinski definition) is 2. The lowest BCUT2D eigenvalue weighted by Crippen LogP contribution is -2.42. The molecule has 2 bridgehead atoms. The Balaban J connectivity index is 1.45. The van der Waals surface area contributed by atoms with Crippen LogP contribution in [0.5, 0.6) is 0 Å². The number of aromatic nitrogens is 1. The van der Waals surface area contributed by atoms with Crippen molar-refractivity contribution in [2.45, 2.75) is 22.6 Å². The van der Waals surface area contributed by atoms with Crippen molar-refractivity contribution in [3.05, 3.63) is 49.4 Å². The Morgan fingerprint density at radius 1 is 1.13 bits per heavy atom. The largest absolute Gasteiger partial charge is 0.480 e. The summed E-state index contributed by atoms with van der Waals surface area (Å²) in [5.74, 6) is -2.80. The van der Waals surface area contributed by atoms with Gasteiger partial charge in [-0.15, -0.1) is 11.8 Å². The fraction of sp³-hybridized carbons (Fsp3) is 0.429. The number of aromatic amines is 1. The number of imide groups is 1. The van der Waals surface area contributed by atoms with Crippen molar-refractivity contribution in [3.63, 3.8) is 0 Å². The van der Waals surface area contributed by atoms with Crippen LogP contribution in [0.15, 0.2) is 34.1 Å². The maximum Gasteiger partial charge on any atom is 0.323 e. The van der Waals surface area contributed by atoms with Crippen LogP contribution in [0.1, 0.15) is 22.8 Å². The van der Waals surface area contributed by atoms with Crippen LogP contribution in [-0.2, 0) is 14.4 Å². The predicted molar refractivity (Wildman–Crippen MR) is 114 cm³/mol. The summed E-state index contributed by atoms with van der Waals surface area (Å²) in [6.45, 7) is -0.576. The first-order valence-electron chi connectivity index (χ1n) is 10.1. The van der Waals surface area contributed by atoms with E-state index in [1.807, 2.05) is 24.3 Å². The van der Waals surface area contributed by atoms with Gasteiger partial charge >= 0.3 is 10.8 Å². The van der Waals surface area contributed by atoms with Gasteiger partial charge in [-0.1, -0.05) is 35.1 Å². The zero-order valence-corrected chi connectivity index (χ0v) is 18.4. The normalized spacial score (nSPS) is 35.3. The molecule has 2 saturated carbocycles. The van der Waals surface area contributed by atoms with E-state index in [1.54, 1.807) is 11.8 Å². The Hall–Kier alpha value is -2.10. The summed E-state index contributed by atoms with van der Waals surface area (Å²) in [5, 5.41) is 10.7. The highest BCUT2D eigenvalue weighted by Gasteiger charge is 2.69. The Morgan fingerprint density at radius 2 is 1.81 bits per heavy atom. The van der Waals surface area contributed by atoms with Gasteiger partial charge in [0, 0.05) is 21.1 Å². The van der Waals surface area contributed by atoms with Crippen LogP contribution >= 0.6 is 34.7 Å². The molecule has 2 aliphatic heterocycles. The maximum atomic E-state index is 13.1.